The van der Waals surface area contributed by atoms with Crippen LogP contribution in [0.2, 0.25) is 0 Å². The van der Waals surface area contributed by atoms with Crippen LogP contribution >= 0.6 is 22.6 Å². The lowest BCUT2D eigenvalue weighted by Crippen LogP contribution is -1.96. The monoisotopic (exact) mass is 277 g/mol. The molecule has 1 heterocycles. The van der Waals surface area contributed by atoms with Gasteiger partial charge in [0.2, 0.25) is 5.88 Å². The summed E-state index contributed by atoms with van der Waals surface area (Å²) in [5.74, 6) is 0.699. The molecule has 66 valence electrons. The normalized spacial score (nSPS) is 9.92. The van der Waals surface area contributed by atoms with Crippen LogP contribution in [0.5, 0.6) is 5.88 Å². The summed E-state index contributed by atoms with van der Waals surface area (Å²) < 4.78 is 6.15. The fourth-order valence-electron chi connectivity index (χ4n) is 1.05. The summed E-state index contributed by atoms with van der Waals surface area (Å²) in [5.41, 5.74) is 2.39. The van der Waals surface area contributed by atoms with Crippen molar-refractivity contribution in [3.8, 4) is 5.88 Å². The van der Waals surface area contributed by atoms with Gasteiger partial charge in [-0.05, 0) is 18.9 Å². The van der Waals surface area contributed by atoms with E-state index in [2.05, 4.69) is 33.6 Å². The maximum absolute atomic E-state index is 5.02. The fourth-order valence-corrected chi connectivity index (χ4v) is 1.63. The lowest BCUT2D eigenvalue weighted by molar-refractivity contribution is 0.396. The summed E-state index contributed by atoms with van der Waals surface area (Å²) >= 11 is 2.37. The van der Waals surface area contributed by atoms with Crippen molar-refractivity contribution in [2.24, 2.45) is 0 Å². The molecule has 1 rings (SSSR count). The Balaban J connectivity index is 2.87. The molecule has 2 nitrogen and oxygen atoms in total. The number of alkyl halides is 1. The highest BCUT2D eigenvalue weighted by Crippen LogP contribution is 2.12. The Morgan fingerprint density at radius 2 is 2.25 bits per heavy atom. The third kappa shape index (κ3) is 2.33. The average Bonchev–Trinajstić information content (AvgIpc) is 2.09. The van der Waals surface area contributed by atoms with Crippen molar-refractivity contribution < 1.29 is 4.74 Å². The van der Waals surface area contributed by atoms with Gasteiger partial charge in [-0.3, -0.25) is 0 Å². The third-order valence-corrected chi connectivity index (χ3v) is 2.28. The zero-order chi connectivity index (χ0) is 8.97. The molecule has 0 N–H and O–H groups in total. The second-order valence-corrected chi connectivity index (χ2v) is 3.62. The van der Waals surface area contributed by atoms with Gasteiger partial charge in [0.05, 0.1) is 7.11 Å². The molecule has 0 unspecified atom stereocenters. The number of pyridine rings is 1. The number of rotatable bonds is 3. The van der Waals surface area contributed by atoms with Gasteiger partial charge in [-0.15, -0.1) is 0 Å². The summed E-state index contributed by atoms with van der Waals surface area (Å²) in [6.45, 7) is 2.02. The van der Waals surface area contributed by atoms with Gasteiger partial charge in [0.15, 0.2) is 0 Å². The van der Waals surface area contributed by atoms with E-state index in [1.165, 1.54) is 5.56 Å². The fraction of sp³-hybridized carbons (Fsp3) is 0.444. The smallest absolute Gasteiger partial charge is 0.213 e. The van der Waals surface area contributed by atoms with E-state index in [9.17, 15) is 0 Å². The molecular formula is C9H12INO. The first kappa shape index (κ1) is 9.77. The average molecular weight is 277 g/mol. The number of nitrogens with zero attached hydrogens (tertiary/aromatic N) is 1. The van der Waals surface area contributed by atoms with Gasteiger partial charge in [-0.1, -0.05) is 28.7 Å². The predicted octanol–water partition coefficient (Wildman–Crippen LogP) is 2.38. The molecule has 12 heavy (non-hydrogen) atoms. The van der Waals surface area contributed by atoms with Gasteiger partial charge in [-0.25, -0.2) is 4.98 Å². The molecule has 1 aromatic rings. The molecule has 0 saturated carbocycles. The quantitative estimate of drug-likeness (QED) is 0.625. The summed E-state index contributed by atoms with van der Waals surface area (Å²) in [6, 6.07) is 3.99. The van der Waals surface area contributed by atoms with E-state index in [0.29, 0.717) is 5.88 Å². The molecule has 0 bridgehead atoms. The summed E-state index contributed by atoms with van der Waals surface area (Å²) in [6.07, 6.45) is 1.09. The second kappa shape index (κ2) is 4.64. The Morgan fingerprint density at radius 3 is 2.75 bits per heavy atom. The lowest BCUT2D eigenvalue weighted by atomic mass is 10.1. The van der Waals surface area contributed by atoms with Crippen molar-refractivity contribution in [3.05, 3.63) is 23.4 Å². The first-order chi connectivity index (χ1) is 5.77. The Labute approximate surface area is 86.5 Å². The van der Waals surface area contributed by atoms with Crippen LogP contribution in [-0.4, -0.2) is 16.5 Å². The molecule has 0 radical (unpaired) electrons. The largest absolute Gasteiger partial charge is 0.481 e. The summed E-state index contributed by atoms with van der Waals surface area (Å²) in [7, 11) is 1.64. The van der Waals surface area contributed by atoms with E-state index in [-0.39, 0.29) is 0 Å². The zero-order valence-corrected chi connectivity index (χ0v) is 9.46. The Kier molecular flexibility index (Phi) is 3.78. The van der Waals surface area contributed by atoms with E-state index < -0.39 is 0 Å². The maximum atomic E-state index is 5.02. The van der Waals surface area contributed by atoms with Gasteiger partial charge < -0.3 is 4.74 Å². The summed E-state index contributed by atoms with van der Waals surface area (Å²) in [4.78, 5) is 4.28. The number of hydrogen-bond donors (Lipinski definition) is 0. The van der Waals surface area contributed by atoms with E-state index in [0.717, 1.165) is 16.5 Å². The minimum absolute atomic E-state index is 0.699. The third-order valence-electron chi connectivity index (χ3n) is 1.74. The number of aryl methyl sites for hydroxylation is 2. The molecule has 1 aromatic heterocycles. The minimum atomic E-state index is 0.699. The van der Waals surface area contributed by atoms with Crippen LogP contribution in [0.4, 0.5) is 0 Å². The number of aromatic nitrogens is 1. The molecular weight excluding hydrogens is 265 g/mol. The SMILES string of the molecule is COc1ccc(CCI)c(C)n1. The Hall–Kier alpha value is -0.320. The first-order valence-electron chi connectivity index (χ1n) is 3.84. The molecule has 0 amide bonds. The number of methoxy groups -OCH3 is 1. The maximum Gasteiger partial charge on any atom is 0.213 e. The topological polar surface area (TPSA) is 22.1 Å². The lowest BCUT2D eigenvalue weighted by Gasteiger charge is -2.04. The molecule has 0 aliphatic heterocycles. The Morgan fingerprint density at radius 1 is 1.50 bits per heavy atom. The molecule has 0 saturated heterocycles. The number of ether oxygens (including phenoxy) is 1. The molecule has 3 heteroatoms. The van der Waals surface area contributed by atoms with Gasteiger partial charge in [0.1, 0.15) is 0 Å². The number of hydrogen-bond acceptors (Lipinski definition) is 2. The second-order valence-electron chi connectivity index (χ2n) is 2.54. The van der Waals surface area contributed by atoms with Crippen LogP contribution in [0.1, 0.15) is 11.3 Å². The molecule has 0 aromatic carbocycles. The van der Waals surface area contributed by atoms with Crippen molar-refractivity contribution >= 4 is 22.6 Å². The molecule has 0 spiro atoms. The van der Waals surface area contributed by atoms with Crippen molar-refractivity contribution in [3.63, 3.8) is 0 Å². The first-order valence-corrected chi connectivity index (χ1v) is 5.37. The Bertz CT molecular complexity index is 263. The van der Waals surface area contributed by atoms with Crippen LogP contribution < -0.4 is 4.74 Å². The molecule has 0 aliphatic rings. The molecule has 0 fully saturated rings. The zero-order valence-electron chi connectivity index (χ0n) is 7.30. The van der Waals surface area contributed by atoms with Crippen molar-refractivity contribution in [1.29, 1.82) is 0 Å². The van der Waals surface area contributed by atoms with Gasteiger partial charge >= 0.3 is 0 Å². The molecule has 0 atom stereocenters. The highest BCUT2D eigenvalue weighted by atomic mass is 127. The summed E-state index contributed by atoms with van der Waals surface area (Å²) in [5, 5.41) is 0. The van der Waals surface area contributed by atoms with E-state index in [1.807, 2.05) is 13.0 Å². The van der Waals surface area contributed by atoms with Crippen LogP contribution in [0.3, 0.4) is 0 Å². The highest BCUT2D eigenvalue weighted by Gasteiger charge is 2.00. The van der Waals surface area contributed by atoms with E-state index >= 15 is 0 Å². The van der Waals surface area contributed by atoms with Crippen LogP contribution in [0.25, 0.3) is 0 Å². The van der Waals surface area contributed by atoms with E-state index in [4.69, 9.17) is 4.74 Å². The predicted molar refractivity (Wildman–Crippen MR) is 58.1 cm³/mol. The van der Waals surface area contributed by atoms with Crippen LogP contribution in [0, 0.1) is 6.92 Å². The van der Waals surface area contributed by atoms with Gasteiger partial charge in [0, 0.05) is 16.2 Å². The van der Waals surface area contributed by atoms with Crippen molar-refractivity contribution in [2.75, 3.05) is 11.5 Å². The van der Waals surface area contributed by atoms with Gasteiger partial charge in [-0.2, -0.15) is 0 Å². The van der Waals surface area contributed by atoms with E-state index in [1.54, 1.807) is 7.11 Å². The molecule has 0 aliphatic carbocycles. The minimum Gasteiger partial charge on any atom is -0.481 e. The van der Waals surface area contributed by atoms with Crippen LogP contribution in [-0.2, 0) is 6.42 Å². The van der Waals surface area contributed by atoms with Crippen molar-refractivity contribution in [1.82, 2.24) is 4.98 Å². The van der Waals surface area contributed by atoms with Crippen molar-refractivity contribution in [2.45, 2.75) is 13.3 Å². The number of halogens is 1. The highest BCUT2D eigenvalue weighted by molar-refractivity contribution is 14.1. The van der Waals surface area contributed by atoms with Gasteiger partial charge in [0.25, 0.3) is 0 Å². The van der Waals surface area contributed by atoms with Crippen LogP contribution in [0.15, 0.2) is 12.1 Å². The standard InChI is InChI=1S/C9H12INO/c1-7-8(5-6-10)3-4-9(11-7)12-2/h3-4H,5-6H2,1-2H3.